The second kappa shape index (κ2) is 5.90. The van der Waals surface area contributed by atoms with Gasteiger partial charge in [0.25, 0.3) is 5.91 Å². The van der Waals surface area contributed by atoms with Crippen LogP contribution in [-0.4, -0.2) is 25.5 Å². The molecule has 2 heterocycles. The van der Waals surface area contributed by atoms with Gasteiger partial charge >= 0.3 is 0 Å². The van der Waals surface area contributed by atoms with Gasteiger partial charge < -0.3 is 5.32 Å². The van der Waals surface area contributed by atoms with E-state index in [4.69, 9.17) is 0 Å². The zero-order valence-corrected chi connectivity index (χ0v) is 12.5. The minimum absolute atomic E-state index is 0.136. The highest BCUT2D eigenvalue weighted by atomic mass is 16.1. The summed E-state index contributed by atoms with van der Waals surface area (Å²) < 4.78 is 3.66. The lowest BCUT2D eigenvalue weighted by molar-refractivity contribution is 0.102. The van der Waals surface area contributed by atoms with E-state index < -0.39 is 0 Å². The lowest BCUT2D eigenvalue weighted by atomic mass is 10.2. The van der Waals surface area contributed by atoms with E-state index in [2.05, 4.69) is 22.4 Å². The summed E-state index contributed by atoms with van der Waals surface area (Å²) in [6.45, 7) is 9.50. The van der Waals surface area contributed by atoms with E-state index in [1.807, 2.05) is 30.1 Å². The molecule has 108 valence electrons. The lowest BCUT2D eigenvalue weighted by Crippen LogP contribution is -2.13. The van der Waals surface area contributed by atoms with Crippen LogP contribution in [0.25, 0.3) is 0 Å². The molecule has 0 atom stereocenters. The number of aromatic nitrogens is 4. The van der Waals surface area contributed by atoms with Crippen molar-refractivity contribution < 1.29 is 4.79 Å². The molecule has 2 aromatic rings. The van der Waals surface area contributed by atoms with Crippen LogP contribution in [-0.2, 0) is 13.1 Å². The highest BCUT2D eigenvalue weighted by Gasteiger charge is 2.15. The number of hydrogen-bond acceptors (Lipinski definition) is 3. The first-order valence-electron chi connectivity index (χ1n) is 6.94. The molecule has 6 heteroatoms. The Labute approximate surface area is 118 Å². The fourth-order valence-electron chi connectivity index (χ4n) is 2.16. The quantitative estimate of drug-likeness (QED) is 0.911. The van der Waals surface area contributed by atoms with Crippen LogP contribution in [0.2, 0.25) is 0 Å². The molecule has 0 aromatic carbocycles. The van der Waals surface area contributed by atoms with Crippen molar-refractivity contribution in [1.82, 2.24) is 19.6 Å². The van der Waals surface area contributed by atoms with Crippen molar-refractivity contribution in [3.63, 3.8) is 0 Å². The van der Waals surface area contributed by atoms with Crippen molar-refractivity contribution in [2.45, 2.75) is 47.2 Å². The molecule has 20 heavy (non-hydrogen) atoms. The van der Waals surface area contributed by atoms with Crippen molar-refractivity contribution in [2.75, 3.05) is 5.32 Å². The van der Waals surface area contributed by atoms with Gasteiger partial charge in [-0.2, -0.15) is 10.2 Å². The van der Waals surface area contributed by atoms with Gasteiger partial charge in [-0.25, -0.2) is 0 Å². The topological polar surface area (TPSA) is 64.7 Å². The van der Waals surface area contributed by atoms with Crippen LogP contribution >= 0.6 is 0 Å². The summed E-state index contributed by atoms with van der Waals surface area (Å²) in [5.74, 6) is -0.136. The smallest absolute Gasteiger partial charge is 0.259 e. The number of aryl methyl sites for hydroxylation is 3. The average molecular weight is 275 g/mol. The fourth-order valence-corrected chi connectivity index (χ4v) is 2.16. The van der Waals surface area contributed by atoms with Crippen molar-refractivity contribution in [3.8, 4) is 0 Å². The predicted molar refractivity (Wildman–Crippen MR) is 77.8 cm³/mol. The molecule has 0 aliphatic carbocycles. The van der Waals surface area contributed by atoms with Crippen LogP contribution in [0.3, 0.4) is 0 Å². The van der Waals surface area contributed by atoms with Crippen molar-refractivity contribution in [2.24, 2.45) is 0 Å². The first-order chi connectivity index (χ1) is 9.56. The Hall–Kier alpha value is -2.11. The summed E-state index contributed by atoms with van der Waals surface area (Å²) in [6.07, 6.45) is 4.47. The van der Waals surface area contributed by atoms with E-state index >= 15 is 0 Å². The molecule has 0 saturated carbocycles. The van der Waals surface area contributed by atoms with Crippen LogP contribution < -0.4 is 5.32 Å². The molecule has 2 rings (SSSR count). The van der Waals surface area contributed by atoms with Gasteiger partial charge in [0.1, 0.15) is 0 Å². The second-order valence-corrected chi connectivity index (χ2v) is 4.80. The fraction of sp³-hybridized carbons (Fsp3) is 0.500. The summed E-state index contributed by atoms with van der Waals surface area (Å²) in [5.41, 5.74) is 3.07. The molecule has 0 saturated heterocycles. The summed E-state index contributed by atoms with van der Waals surface area (Å²) in [6, 6.07) is 0. The molecule has 0 spiro atoms. The zero-order valence-electron chi connectivity index (χ0n) is 12.5. The third-order valence-corrected chi connectivity index (χ3v) is 3.29. The molecular formula is C14H21N5O. The summed E-state index contributed by atoms with van der Waals surface area (Å²) >= 11 is 0. The molecule has 1 amide bonds. The summed E-state index contributed by atoms with van der Waals surface area (Å²) in [5, 5.41) is 11.5. The third kappa shape index (κ3) is 2.74. The number of nitrogens with one attached hydrogen (secondary N) is 1. The Morgan fingerprint density at radius 3 is 2.70 bits per heavy atom. The van der Waals surface area contributed by atoms with E-state index in [-0.39, 0.29) is 5.91 Å². The SMILES string of the molecule is CCCn1cc(C(=O)Nc2cnn(CC)c2C)c(C)n1. The van der Waals surface area contributed by atoms with E-state index in [1.165, 1.54) is 0 Å². The van der Waals surface area contributed by atoms with Gasteiger partial charge in [-0.3, -0.25) is 14.2 Å². The molecular weight excluding hydrogens is 254 g/mol. The second-order valence-electron chi connectivity index (χ2n) is 4.80. The minimum Gasteiger partial charge on any atom is -0.319 e. The number of nitrogens with zero attached hydrogens (tertiary/aromatic N) is 4. The van der Waals surface area contributed by atoms with Crippen LogP contribution in [0.4, 0.5) is 5.69 Å². The summed E-state index contributed by atoms with van der Waals surface area (Å²) in [4.78, 5) is 12.3. The molecule has 0 aliphatic heterocycles. The maximum absolute atomic E-state index is 12.3. The van der Waals surface area contributed by atoms with E-state index in [0.29, 0.717) is 5.56 Å². The Bertz CT molecular complexity index is 611. The third-order valence-electron chi connectivity index (χ3n) is 3.29. The number of anilines is 1. The number of hydrogen-bond donors (Lipinski definition) is 1. The number of rotatable bonds is 5. The van der Waals surface area contributed by atoms with Crippen molar-refractivity contribution in [3.05, 3.63) is 29.3 Å². The van der Waals surface area contributed by atoms with Crippen molar-refractivity contribution in [1.29, 1.82) is 0 Å². The lowest BCUT2D eigenvalue weighted by Gasteiger charge is -2.04. The Morgan fingerprint density at radius 1 is 1.35 bits per heavy atom. The van der Waals surface area contributed by atoms with Crippen LogP contribution in [0.15, 0.2) is 12.4 Å². The molecule has 0 radical (unpaired) electrons. The van der Waals surface area contributed by atoms with Crippen LogP contribution in [0, 0.1) is 13.8 Å². The Kier molecular flexibility index (Phi) is 4.22. The molecule has 0 aliphatic rings. The predicted octanol–water partition coefficient (Wildman–Crippen LogP) is 2.38. The van der Waals surface area contributed by atoms with Gasteiger partial charge in [0.15, 0.2) is 0 Å². The largest absolute Gasteiger partial charge is 0.319 e. The maximum Gasteiger partial charge on any atom is 0.259 e. The monoisotopic (exact) mass is 275 g/mol. The van der Waals surface area contributed by atoms with Crippen molar-refractivity contribution >= 4 is 11.6 Å². The maximum atomic E-state index is 12.3. The van der Waals surface area contributed by atoms with Gasteiger partial charge in [0, 0.05) is 19.3 Å². The first kappa shape index (κ1) is 14.3. The van der Waals surface area contributed by atoms with E-state index in [0.717, 1.165) is 36.6 Å². The molecule has 2 aromatic heterocycles. The highest BCUT2D eigenvalue weighted by molar-refractivity contribution is 6.05. The summed E-state index contributed by atoms with van der Waals surface area (Å²) in [7, 11) is 0. The zero-order chi connectivity index (χ0) is 14.7. The van der Waals surface area contributed by atoms with Gasteiger partial charge in [0.2, 0.25) is 0 Å². The number of carbonyl (C=O) groups is 1. The van der Waals surface area contributed by atoms with Crippen LogP contribution in [0.5, 0.6) is 0 Å². The Balaban J connectivity index is 2.17. The Morgan fingerprint density at radius 2 is 2.10 bits per heavy atom. The highest BCUT2D eigenvalue weighted by Crippen LogP contribution is 2.16. The van der Waals surface area contributed by atoms with Gasteiger partial charge in [-0.15, -0.1) is 0 Å². The number of carbonyl (C=O) groups excluding carboxylic acids is 1. The van der Waals surface area contributed by atoms with E-state index in [9.17, 15) is 4.79 Å². The van der Waals surface area contributed by atoms with Gasteiger partial charge in [-0.1, -0.05) is 6.92 Å². The van der Waals surface area contributed by atoms with Gasteiger partial charge in [0.05, 0.1) is 28.8 Å². The molecule has 6 nitrogen and oxygen atoms in total. The normalized spacial score (nSPS) is 10.8. The standard InChI is InChI=1S/C14H21N5O/c1-5-7-18-9-12(10(3)17-18)14(20)16-13-8-15-19(6-2)11(13)4/h8-9H,5-7H2,1-4H3,(H,16,20). The molecule has 1 N–H and O–H groups in total. The van der Waals surface area contributed by atoms with Gasteiger partial charge in [-0.05, 0) is 27.2 Å². The average Bonchev–Trinajstić information content (AvgIpc) is 2.94. The molecule has 0 unspecified atom stereocenters. The molecule has 0 bridgehead atoms. The van der Waals surface area contributed by atoms with Crippen LogP contribution in [0.1, 0.15) is 42.0 Å². The number of amides is 1. The van der Waals surface area contributed by atoms with E-state index in [1.54, 1.807) is 12.4 Å². The first-order valence-corrected chi connectivity index (χ1v) is 6.94. The molecule has 0 fully saturated rings. The minimum atomic E-state index is -0.136.